The van der Waals surface area contributed by atoms with E-state index in [0.29, 0.717) is 13.0 Å². The number of carbonyl (C=O) groups excluding carboxylic acids is 4. The Balaban J connectivity index is 0.000000662. The molecule has 1 aromatic heterocycles. The van der Waals surface area contributed by atoms with E-state index < -0.39 is 35.3 Å². The van der Waals surface area contributed by atoms with Gasteiger partial charge < -0.3 is 20.4 Å². The number of aromatic amines is 1. The number of ether oxygens (including phenoxy) is 1. The number of halogens is 3. The first kappa shape index (κ1) is 33.6. The topological polar surface area (TPSA) is 117 Å². The van der Waals surface area contributed by atoms with Crippen molar-refractivity contribution >= 4 is 23.6 Å². The Kier molecular flexibility index (Phi) is 12.3. The van der Waals surface area contributed by atoms with Crippen LogP contribution in [0, 0.1) is 12.8 Å². The van der Waals surface area contributed by atoms with Crippen LogP contribution >= 0.6 is 0 Å². The molecule has 1 saturated heterocycles. The molecule has 4 rings (SSSR count). The van der Waals surface area contributed by atoms with Crippen molar-refractivity contribution < 1.29 is 37.1 Å². The molecule has 44 heavy (non-hydrogen) atoms. The van der Waals surface area contributed by atoms with Crippen molar-refractivity contribution in [2.45, 2.75) is 39.3 Å². The summed E-state index contributed by atoms with van der Waals surface area (Å²) in [5, 5.41) is 5.26. The minimum absolute atomic E-state index is 0.0698. The van der Waals surface area contributed by atoms with Gasteiger partial charge in [-0.05, 0) is 50.6 Å². The Morgan fingerprint density at radius 2 is 1.68 bits per heavy atom. The molecule has 1 unspecified atom stereocenters. The van der Waals surface area contributed by atoms with E-state index in [1.54, 1.807) is 6.92 Å². The maximum atomic E-state index is 13.3. The van der Waals surface area contributed by atoms with Crippen LogP contribution in [0.15, 0.2) is 90.7 Å². The predicted molar refractivity (Wildman–Crippen MR) is 159 cm³/mol. The van der Waals surface area contributed by atoms with Crippen molar-refractivity contribution in [3.63, 3.8) is 0 Å². The van der Waals surface area contributed by atoms with Crippen LogP contribution in [0.2, 0.25) is 0 Å². The van der Waals surface area contributed by atoms with Gasteiger partial charge in [-0.25, -0.2) is 4.79 Å². The number of carbonyl (C=O) groups is 4. The van der Waals surface area contributed by atoms with E-state index >= 15 is 0 Å². The highest BCUT2D eigenvalue weighted by Gasteiger charge is 2.33. The van der Waals surface area contributed by atoms with Crippen LogP contribution < -0.4 is 10.6 Å². The molecule has 0 radical (unpaired) electrons. The first-order valence-corrected chi connectivity index (χ1v) is 14.0. The van der Waals surface area contributed by atoms with Crippen LogP contribution in [-0.4, -0.2) is 41.7 Å². The standard InChI is InChI=1S/C26H26F3N3O5.C7H8/c1-2-37-24(35)12-7-17(15-16-13-14-30-25(16)36)31-23(34)11-10-22(33)21-9-8-20(32-21)18-5-3-4-6-19(18)26(27,28)29;1-7-5-3-2-4-6-7/h3-9,12,15-16,32H,2,10-11,13-14H2,1H3,(H,30,36)(H,31,34);2-6H,1H3/b12-7+,17-15+;. The van der Waals surface area contributed by atoms with Crippen molar-refractivity contribution in [1.29, 1.82) is 0 Å². The fourth-order valence-electron chi connectivity index (χ4n) is 4.28. The Bertz CT molecular complexity index is 1510. The number of allylic oxidation sites excluding steroid dienone is 1. The van der Waals surface area contributed by atoms with Gasteiger partial charge in [-0.2, -0.15) is 13.2 Å². The lowest BCUT2D eigenvalue weighted by molar-refractivity contribution is -0.138. The molecule has 0 saturated carbocycles. The summed E-state index contributed by atoms with van der Waals surface area (Å²) in [5.41, 5.74) is 0.804. The van der Waals surface area contributed by atoms with E-state index in [1.807, 2.05) is 18.2 Å². The molecule has 0 spiro atoms. The van der Waals surface area contributed by atoms with Crippen LogP contribution in [0.5, 0.6) is 0 Å². The van der Waals surface area contributed by atoms with Crippen LogP contribution in [0.3, 0.4) is 0 Å². The van der Waals surface area contributed by atoms with Gasteiger partial charge in [-0.1, -0.05) is 54.1 Å². The summed E-state index contributed by atoms with van der Waals surface area (Å²) >= 11 is 0. The molecule has 0 bridgehead atoms. The SMILES string of the molecule is CCOC(=O)/C=C/C(=C\C1CCNC1=O)NC(=O)CCC(=O)c1ccc(-c2ccccc2C(F)(F)F)[nH]1.Cc1ccccc1. The zero-order valence-electron chi connectivity index (χ0n) is 24.4. The quantitative estimate of drug-likeness (QED) is 0.114. The predicted octanol–water partition coefficient (Wildman–Crippen LogP) is 5.91. The lowest BCUT2D eigenvalue weighted by Crippen LogP contribution is -2.24. The molecule has 2 amide bonds. The van der Waals surface area contributed by atoms with Gasteiger partial charge >= 0.3 is 12.1 Å². The monoisotopic (exact) mass is 609 g/mol. The Labute approximate surface area is 253 Å². The summed E-state index contributed by atoms with van der Waals surface area (Å²) in [6.45, 7) is 4.39. The van der Waals surface area contributed by atoms with E-state index in [9.17, 15) is 32.3 Å². The number of alkyl halides is 3. The number of Topliss-reactive ketones (excluding diaryl/α,β-unsaturated/α-hetero) is 1. The van der Waals surface area contributed by atoms with Gasteiger partial charge in [0, 0.05) is 42.4 Å². The van der Waals surface area contributed by atoms with Gasteiger partial charge in [0.05, 0.1) is 23.8 Å². The van der Waals surface area contributed by atoms with Gasteiger partial charge in [0.25, 0.3) is 0 Å². The molecule has 8 nitrogen and oxygen atoms in total. The van der Waals surface area contributed by atoms with Gasteiger partial charge in [0.2, 0.25) is 11.8 Å². The zero-order valence-corrected chi connectivity index (χ0v) is 24.4. The zero-order chi connectivity index (χ0) is 32.1. The Morgan fingerprint density at radius 1 is 0.977 bits per heavy atom. The fourth-order valence-corrected chi connectivity index (χ4v) is 4.28. The number of amides is 2. The minimum atomic E-state index is -4.56. The molecule has 2 heterocycles. The summed E-state index contributed by atoms with van der Waals surface area (Å²) in [5.74, 6) is -2.32. The molecule has 1 fully saturated rings. The first-order valence-electron chi connectivity index (χ1n) is 14.0. The molecular weight excluding hydrogens is 575 g/mol. The second-order valence-corrected chi connectivity index (χ2v) is 9.85. The third-order valence-electron chi connectivity index (χ3n) is 6.47. The third-order valence-corrected chi connectivity index (χ3v) is 6.47. The van der Waals surface area contributed by atoms with Crippen molar-refractivity contribution in [2.24, 2.45) is 5.92 Å². The number of aryl methyl sites for hydroxylation is 1. The van der Waals surface area contributed by atoms with E-state index in [4.69, 9.17) is 4.74 Å². The Morgan fingerprint density at radius 3 is 2.30 bits per heavy atom. The van der Waals surface area contributed by atoms with Crippen molar-refractivity contribution in [3.05, 3.63) is 107 Å². The molecule has 3 N–H and O–H groups in total. The number of nitrogens with one attached hydrogen (secondary N) is 3. The average molecular weight is 610 g/mol. The van der Waals surface area contributed by atoms with Gasteiger partial charge in [0.1, 0.15) is 0 Å². The van der Waals surface area contributed by atoms with E-state index in [2.05, 4.69) is 34.7 Å². The summed E-state index contributed by atoms with van der Waals surface area (Å²) in [4.78, 5) is 51.3. The largest absolute Gasteiger partial charge is 0.463 e. The molecule has 1 aliphatic rings. The second kappa shape index (κ2) is 16.1. The number of hydrogen-bond acceptors (Lipinski definition) is 5. The number of rotatable bonds is 10. The number of esters is 1. The van der Waals surface area contributed by atoms with E-state index in [1.165, 1.54) is 48.0 Å². The highest BCUT2D eigenvalue weighted by Crippen LogP contribution is 2.36. The van der Waals surface area contributed by atoms with Gasteiger partial charge in [-0.15, -0.1) is 0 Å². The Hall–Kier alpha value is -4.93. The minimum Gasteiger partial charge on any atom is -0.463 e. The lowest BCUT2D eigenvalue weighted by atomic mass is 10.0. The van der Waals surface area contributed by atoms with Gasteiger partial charge in [-0.3, -0.25) is 14.4 Å². The highest BCUT2D eigenvalue weighted by molar-refractivity contribution is 5.97. The lowest BCUT2D eigenvalue weighted by Gasteiger charge is -2.11. The number of hydrogen-bond donors (Lipinski definition) is 3. The second-order valence-electron chi connectivity index (χ2n) is 9.85. The summed E-state index contributed by atoms with van der Waals surface area (Å²) < 4.78 is 44.8. The summed E-state index contributed by atoms with van der Waals surface area (Å²) in [6, 6.07) is 18.0. The average Bonchev–Trinajstić information content (AvgIpc) is 3.64. The third kappa shape index (κ3) is 10.4. The summed E-state index contributed by atoms with van der Waals surface area (Å²) in [7, 11) is 0. The van der Waals surface area contributed by atoms with Crippen molar-refractivity contribution in [2.75, 3.05) is 13.2 Å². The molecule has 11 heteroatoms. The van der Waals surface area contributed by atoms with Crippen LogP contribution in [0.1, 0.15) is 47.8 Å². The number of aromatic nitrogens is 1. The molecule has 232 valence electrons. The van der Waals surface area contributed by atoms with Crippen molar-refractivity contribution in [1.82, 2.24) is 15.6 Å². The smallest absolute Gasteiger partial charge is 0.417 e. The molecule has 1 aliphatic heterocycles. The van der Waals surface area contributed by atoms with Gasteiger partial charge in [0.15, 0.2) is 5.78 Å². The number of ketones is 1. The maximum Gasteiger partial charge on any atom is 0.417 e. The molecule has 2 aromatic carbocycles. The molecule has 3 aromatic rings. The number of benzene rings is 2. The number of H-pyrrole nitrogens is 1. The van der Waals surface area contributed by atoms with Crippen molar-refractivity contribution in [3.8, 4) is 11.3 Å². The molecular formula is C33H34F3N3O5. The van der Waals surface area contributed by atoms with E-state index in [0.717, 1.165) is 12.1 Å². The first-order chi connectivity index (χ1) is 21.0. The normalized spacial score (nSPS) is 14.9. The molecule has 0 aliphatic carbocycles. The van der Waals surface area contributed by atoms with E-state index in [-0.39, 0.29) is 48.0 Å². The maximum absolute atomic E-state index is 13.3. The van der Waals surface area contributed by atoms with Crippen LogP contribution in [0.4, 0.5) is 13.2 Å². The fraction of sp³-hybridized carbons (Fsp3) is 0.273. The van der Waals surface area contributed by atoms with Crippen LogP contribution in [0.25, 0.3) is 11.3 Å². The highest BCUT2D eigenvalue weighted by atomic mass is 19.4. The van der Waals surface area contributed by atoms with Crippen LogP contribution in [-0.2, 0) is 25.3 Å². The summed E-state index contributed by atoms with van der Waals surface area (Å²) in [6.07, 6.45) is -0.523. The molecule has 1 atom stereocenters.